The quantitative estimate of drug-likeness (QED) is 0.614. The van der Waals surface area contributed by atoms with Crippen LogP contribution in [0.2, 0.25) is 0 Å². The number of urea groups is 1. The second-order valence-electron chi connectivity index (χ2n) is 7.46. The molecule has 1 aliphatic rings. The number of anilines is 1. The Morgan fingerprint density at radius 2 is 1.77 bits per heavy atom. The summed E-state index contributed by atoms with van der Waals surface area (Å²) in [5.74, 6) is 0.531. The lowest BCUT2D eigenvalue weighted by Gasteiger charge is -2.24. The number of nitrogens with zero attached hydrogens (tertiary/aromatic N) is 1. The van der Waals surface area contributed by atoms with E-state index in [1.807, 2.05) is 48.5 Å². The highest BCUT2D eigenvalue weighted by Crippen LogP contribution is 2.30. The molecule has 154 valence electrons. The summed E-state index contributed by atoms with van der Waals surface area (Å²) >= 11 is 0. The highest BCUT2D eigenvalue weighted by atomic mass is 19.1. The predicted octanol–water partition coefficient (Wildman–Crippen LogP) is 5.46. The van der Waals surface area contributed by atoms with Gasteiger partial charge in [-0.3, -0.25) is 4.90 Å². The van der Waals surface area contributed by atoms with Gasteiger partial charge in [0.2, 0.25) is 0 Å². The number of hydrogen-bond acceptors (Lipinski definition) is 2. The van der Waals surface area contributed by atoms with E-state index >= 15 is 0 Å². The van der Waals surface area contributed by atoms with Crippen LogP contribution in [-0.4, -0.2) is 12.6 Å². The minimum Gasteiger partial charge on any atom is -0.489 e. The molecule has 0 fully saturated rings. The largest absolute Gasteiger partial charge is 0.489 e. The molecule has 3 aromatic rings. The van der Waals surface area contributed by atoms with Crippen LogP contribution in [-0.2, 0) is 19.6 Å². The van der Waals surface area contributed by atoms with Crippen molar-refractivity contribution < 1.29 is 13.9 Å². The SMILES string of the molecule is O=C(NCc1ccc(F)cc1)N1CCCCc2cc(OCc3ccccc3)ccc21. The van der Waals surface area contributed by atoms with E-state index < -0.39 is 0 Å². The summed E-state index contributed by atoms with van der Waals surface area (Å²) in [6, 6.07) is 22.0. The molecule has 0 aliphatic carbocycles. The molecule has 0 aromatic heterocycles. The Kier molecular flexibility index (Phi) is 6.28. The van der Waals surface area contributed by atoms with Crippen LogP contribution in [0.3, 0.4) is 0 Å². The van der Waals surface area contributed by atoms with Crippen LogP contribution in [0.4, 0.5) is 14.9 Å². The standard InChI is InChI=1S/C25H25FN2O2/c26-22-11-9-19(10-12-22)17-27-25(29)28-15-5-4-8-21-16-23(13-14-24(21)28)30-18-20-6-2-1-3-7-20/h1-3,6-7,9-14,16H,4-5,8,15,17-18H2,(H,27,29). The van der Waals surface area contributed by atoms with Gasteiger partial charge in [0.15, 0.2) is 0 Å². The van der Waals surface area contributed by atoms with Crippen molar-refractivity contribution in [2.75, 3.05) is 11.4 Å². The molecule has 0 radical (unpaired) electrons. The predicted molar refractivity (Wildman–Crippen MR) is 116 cm³/mol. The third kappa shape index (κ3) is 4.98. The molecule has 2 amide bonds. The normalized spacial score (nSPS) is 13.3. The highest BCUT2D eigenvalue weighted by Gasteiger charge is 2.21. The van der Waals surface area contributed by atoms with Gasteiger partial charge in [0.1, 0.15) is 18.2 Å². The fourth-order valence-electron chi connectivity index (χ4n) is 3.65. The molecule has 5 heteroatoms. The number of rotatable bonds is 5. The maximum atomic E-state index is 13.1. The first-order valence-electron chi connectivity index (χ1n) is 10.3. The van der Waals surface area contributed by atoms with Crippen LogP contribution in [0.25, 0.3) is 0 Å². The lowest BCUT2D eigenvalue weighted by atomic mass is 10.1. The first-order chi connectivity index (χ1) is 14.7. The van der Waals surface area contributed by atoms with Gasteiger partial charge in [-0.15, -0.1) is 0 Å². The zero-order valence-electron chi connectivity index (χ0n) is 16.8. The minimum atomic E-state index is -0.281. The van der Waals surface area contributed by atoms with Crippen LogP contribution in [0.5, 0.6) is 5.75 Å². The number of nitrogens with one attached hydrogen (secondary N) is 1. The monoisotopic (exact) mass is 404 g/mol. The molecule has 0 spiro atoms. The maximum absolute atomic E-state index is 13.1. The molecule has 0 unspecified atom stereocenters. The molecule has 1 aliphatic heterocycles. The highest BCUT2D eigenvalue weighted by molar-refractivity contribution is 5.93. The van der Waals surface area contributed by atoms with Gasteiger partial charge in [-0.05, 0) is 66.3 Å². The topological polar surface area (TPSA) is 41.6 Å². The number of hydrogen-bond donors (Lipinski definition) is 1. The van der Waals surface area contributed by atoms with Crippen molar-refractivity contribution in [1.29, 1.82) is 0 Å². The molecule has 0 atom stereocenters. The average molecular weight is 404 g/mol. The van der Waals surface area contributed by atoms with Gasteiger partial charge < -0.3 is 10.1 Å². The number of carbonyl (C=O) groups excluding carboxylic acids is 1. The molecular formula is C25H25FN2O2. The number of carbonyl (C=O) groups is 1. The number of halogens is 1. The van der Waals surface area contributed by atoms with E-state index in [1.165, 1.54) is 12.1 Å². The Labute approximate surface area is 176 Å². The van der Waals surface area contributed by atoms with E-state index in [-0.39, 0.29) is 11.8 Å². The summed E-state index contributed by atoms with van der Waals surface area (Å²) in [5, 5.41) is 2.95. The molecule has 1 heterocycles. The van der Waals surface area contributed by atoms with E-state index in [4.69, 9.17) is 4.74 Å². The number of aryl methyl sites for hydroxylation is 1. The summed E-state index contributed by atoms with van der Waals surface area (Å²) in [6.45, 7) is 1.55. The number of amides is 2. The van der Waals surface area contributed by atoms with Gasteiger partial charge in [0.25, 0.3) is 0 Å². The third-order valence-electron chi connectivity index (χ3n) is 5.27. The molecule has 0 bridgehead atoms. The Hall–Kier alpha value is -3.34. The van der Waals surface area contributed by atoms with Gasteiger partial charge >= 0.3 is 6.03 Å². The Bertz CT molecular complexity index is 990. The molecule has 30 heavy (non-hydrogen) atoms. The summed E-state index contributed by atoms with van der Waals surface area (Å²) < 4.78 is 19.0. The number of benzene rings is 3. The van der Waals surface area contributed by atoms with Crippen LogP contribution in [0.15, 0.2) is 72.8 Å². The molecule has 1 N–H and O–H groups in total. The maximum Gasteiger partial charge on any atom is 0.322 e. The first-order valence-corrected chi connectivity index (χ1v) is 10.3. The fraction of sp³-hybridized carbons (Fsp3) is 0.240. The third-order valence-corrected chi connectivity index (χ3v) is 5.27. The molecule has 0 saturated carbocycles. The van der Waals surface area contributed by atoms with Crippen molar-refractivity contribution in [2.24, 2.45) is 0 Å². The van der Waals surface area contributed by atoms with Gasteiger partial charge in [0, 0.05) is 18.8 Å². The summed E-state index contributed by atoms with van der Waals surface area (Å²) in [7, 11) is 0. The first kappa shape index (κ1) is 20.0. The second-order valence-corrected chi connectivity index (χ2v) is 7.46. The van der Waals surface area contributed by atoms with Crippen molar-refractivity contribution in [1.82, 2.24) is 5.32 Å². The smallest absolute Gasteiger partial charge is 0.322 e. The zero-order valence-corrected chi connectivity index (χ0v) is 16.8. The van der Waals surface area contributed by atoms with Crippen molar-refractivity contribution in [3.8, 4) is 5.75 Å². The number of fused-ring (bicyclic) bond motifs is 1. The Balaban J connectivity index is 1.44. The molecule has 4 nitrogen and oxygen atoms in total. The fourth-order valence-corrected chi connectivity index (χ4v) is 3.65. The van der Waals surface area contributed by atoms with Gasteiger partial charge in [-0.1, -0.05) is 42.5 Å². The molecular weight excluding hydrogens is 379 g/mol. The van der Waals surface area contributed by atoms with Crippen LogP contribution >= 0.6 is 0 Å². The van der Waals surface area contributed by atoms with Gasteiger partial charge in [-0.25, -0.2) is 9.18 Å². The summed E-state index contributed by atoms with van der Waals surface area (Å²) in [6.07, 6.45) is 2.88. The summed E-state index contributed by atoms with van der Waals surface area (Å²) in [5.41, 5.74) is 4.03. The van der Waals surface area contributed by atoms with E-state index in [0.717, 1.165) is 47.4 Å². The van der Waals surface area contributed by atoms with Gasteiger partial charge in [-0.2, -0.15) is 0 Å². The minimum absolute atomic E-state index is 0.138. The van der Waals surface area contributed by atoms with Crippen LogP contribution < -0.4 is 15.0 Å². The van der Waals surface area contributed by atoms with E-state index in [0.29, 0.717) is 19.7 Å². The lowest BCUT2D eigenvalue weighted by molar-refractivity contribution is 0.246. The summed E-state index contributed by atoms with van der Waals surface area (Å²) in [4.78, 5) is 14.7. The van der Waals surface area contributed by atoms with Gasteiger partial charge in [0.05, 0.1) is 0 Å². The van der Waals surface area contributed by atoms with E-state index in [2.05, 4.69) is 5.32 Å². The van der Waals surface area contributed by atoms with E-state index in [1.54, 1.807) is 17.0 Å². The molecule has 3 aromatic carbocycles. The molecule has 0 saturated heterocycles. The van der Waals surface area contributed by atoms with Crippen molar-refractivity contribution in [3.63, 3.8) is 0 Å². The second kappa shape index (κ2) is 9.44. The average Bonchev–Trinajstić information content (AvgIpc) is 3.00. The zero-order chi connectivity index (χ0) is 20.8. The van der Waals surface area contributed by atoms with Crippen molar-refractivity contribution >= 4 is 11.7 Å². The Morgan fingerprint density at radius 3 is 2.57 bits per heavy atom. The van der Waals surface area contributed by atoms with Crippen molar-refractivity contribution in [2.45, 2.75) is 32.4 Å². The van der Waals surface area contributed by atoms with Crippen LogP contribution in [0.1, 0.15) is 29.5 Å². The van der Waals surface area contributed by atoms with Crippen molar-refractivity contribution in [3.05, 3.63) is 95.3 Å². The van der Waals surface area contributed by atoms with E-state index in [9.17, 15) is 9.18 Å². The lowest BCUT2D eigenvalue weighted by Crippen LogP contribution is -2.40. The molecule has 4 rings (SSSR count). The van der Waals surface area contributed by atoms with Crippen LogP contribution in [0, 0.1) is 5.82 Å². The Morgan fingerprint density at radius 1 is 0.967 bits per heavy atom. The number of ether oxygens (including phenoxy) is 1.